The van der Waals surface area contributed by atoms with Crippen molar-refractivity contribution in [1.29, 1.82) is 0 Å². The summed E-state index contributed by atoms with van der Waals surface area (Å²) in [5, 5.41) is 6.36. The van der Waals surface area contributed by atoms with Crippen molar-refractivity contribution in [3.8, 4) is 22.6 Å². The number of esters is 2. The molecule has 49 heavy (non-hydrogen) atoms. The van der Waals surface area contributed by atoms with Crippen molar-refractivity contribution in [3.63, 3.8) is 0 Å². The van der Waals surface area contributed by atoms with Crippen LogP contribution < -0.4 is 9.47 Å². The molecule has 0 amide bonds. The molecule has 236 valence electrons. The molecule has 0 radical (unpaired) electrons. The molecule has 1 aliphatic rings. The number of carbonyl (C=O) groups excluding carboxylic acids is 2. The standard InChI is InChI=1S/C45H32O4/c1-27(2)43(46)48-37-19-15-31-21-35(17-13-33(31)23-37)45(36-18-14-34-24-38(20-16-32(34)22-36)49-44(47)28(3)4)41-12-8-7-11-39(41)40-25-29-9-5-6-10-30(29)26-42(40)45/h5-26H,1,3H2,2,4H3. The van der Waals surface area contributed by atoms with Crippen LogP contribution in [0.1, 0.15) is 36.1 Å². The number of carbonyl (C=O) groups is 2. The van der Waals surface area contributed by atoms with E-state index in [4.69, 9.17) is 9.47 Å². The van der Waals surface area contributed by atoms with Crippen molar-refractivity contribution in [2.24, 2.45) is 0 Å². The molecule has 0 spiro atoms. The minimum atomic E-state index is -0.644. The minimum Gasteiger partial charge on any atom is -0.423 e. The molecular formula is C45H32O4. The Morgan fingerprint density at radius 3 is 1.47 bits per heavy atom. The molecular weight excluding hydrogens is 604 g/mol. The van der Waals surface area contributed by atoms with Crippen LogP contribution in [0.15, 0.2) is 158 Å². The molecule has 0 atom stereocenters. The maximum absolute atomic E-state index is 12.2. The molecule has 0 bridgehead atoms. The molecule has 0 N–H and O–H groups in total. The van der Waals surface area contributed by atoms with Crippen molar-refractivity contribution in [2.45, 2.75) is 19.3 Å². The second-order valence-electron chi connectivity index (χ2n) is 12.8. The van der Waals surface area contributed by atoms with Crippen LogP contribution >= 0.6 is 0 Å². The maximum Gasteiger partial charge on any atom is 0.338 e. The van der Waals surface area contributed by atoms with E-state index >= 15 is 0 Å². The van der Waals surface area contributed by atoms with E-state index in [9.17, 15) is 9.59 Å². The van der Waals surface area contributed by atoms with E-state index in [2.05, 4.69) is 110 Å². The topological polar surface area (TPSA) is 52.6 Å². The Morgan fingerprint density at radius 2 is 0.918 bits per heavy atom. The zero-order valence-corrected chi connectivity index (χ0v) is 27.2. The fourth-order valence-electron chi connectivity index (χ4n) is 7.18. The van der Waals surface area contributed by atoms with Crippen LogP contribution in [-0.4, -0.2) is 11.9 Å². The number of ether oxygens (including phenoxy) is 2. The van der Waals surface area contributed by atoms with Gasteiger partial charge in [-0.05, 0) is 128 Å². The summed E-state index contributed by atoms with van der Waals surface area (Å²) in [4.78, 5) is 24.5. The average Bonchev–Trinajstić information content (AvgIpc) is 3.40. The molecule has 4 heteroatoms. The van der Waals surface area contributed by atoms with E-state index in [-0.39, 0.29) is 0 Å². The highest BCUT2D eigenvalue weighted by Crippen LogP contribution is 2.57. The fourth-order valence-corrected chi connectivity index (χ4v) is 7.18. The molecule has 0 unspecified atom stereocenters. The Labute approximate surface area is 284 Å². The van der Waals surface area contributed by atoms with E-state index in [1.54, 1.807) is 13.8 Å². The van der Waals surface area contributed by atoms with Gasteiger partial charge in [-0.1, -0.05) is 98.1 Å². The maximum atomic E-state index is 12.2. The van der Waals surface area contributed by atoms with Crippen molar-refractivity contribution >= 4 is 44.3 Å². The van der Waals surface area contributed by atoms with Crippen LogP contribution in [0.3, 0.4) is 0 Å². The van der Waals surface area contributed by atoms with Gasteiger partial charge in [-0.25, -0.2) is 9.59 Å². The third-order valence-electron chi connectivity index (χ3n) is 9.52. The van der Waals surface area contributed by atoms with Gasteiger partial charge in [-0.3, -0.25) is 0 Å². The molecule has 4 nitrogen and oxygen atoms in total. The first-order valence-corrected chi connectivity index (χ1v) is 16.2. The van der Waals surface area contributed by atoms with E-state index in [0.717, 1.165) is 32.7 Å². The second kappa shape index (κ2) is 11.5. The lowest BCUT2D eigenvalue weighted by Crippen LogP contribution is -2.28. The van der Waals surface area contributed by atoms with E-state index in [0.29, 0.717) is 22.6 Å². The Bertz CT molecular complexity index is 2440. The molecule has 0 saturated heterocycles. The molecule has 8 rings (SSSR count). The third kappa shape index (κ3) is 4.92. The highest BCUT2D eigenvalue weighted by Gasteiger charge is 2.46. The SMILES string of the molecule is C=C(C)C(=O)Oc1ccc2cc(C3(c4ccc5cc(OC(=O)C(=C)C)ccc5c4)c4ccccc4-c4cc5ccccc5cc43)ccc2c1. The zero-order chi connectivity index (χ0) is 33.9. The van der Waals surface area contributed by atoms with Crippen molar-refractivity contribution in [2.75, 3.05) is 0 Å². The number of benzene rings is 7. The molecule has 0 fully saturated rings. The summed E-state index contributed by atoms with van der Waals surface area (Å²) in [6.45, 7) is 10.7. The normalized spacial score (nSPS) is 12.8. The quantitative estimate of drug-likeness (QED) is 0.104. The first kappa shape index (κ1) is 30.1. The lowest BCUT2D eigenvalue weighted by molar-refractivity contribution is -0.130. The van der Waals surface area contributed by atoms with Gasteiger partial charge in [0.05, 0.1) is 5.41 Å². The Kier molecular flexibility index (Phi) is 7.04. The number of fused-ring (bicyclic) bond motifs is 6. The molecule has 0 saturated carbocycles. The van der Waals surface area contributed by atoms with Crippen LogP contribution in [0, 0.1) is 0 Å². The predicted octanol–water partition coefficient (Wildman–Crippen LogP) is 10.5. The molecule has 0 aromatic heterocycles. The van der Waals surface area contributed by atoms with Crippen LogP contribution in [0.4, 0.5) is 0 Å². The monoisotopic (exact) mass is 636 g/mol. The predicted molar refractivity (Wildman–Crippen MR) is 197 cm³/mol. The largest absolute Gasteiger partial charge is 0.423 e. The second-order valence-corrected chi connectivity index (χ2v) is 12.8. The van der Waals surface area contributed by atoms with Crippen LogP contribution in [-0.2, 0) is 15.0 Å². The summed E-state index contributed by atoms with van der Waals surface area (Å²) < 4.78 is 11.1. The molecule has 0 heterocycles. The smallest absolute Gasteiger partial charge is 0.338 e. The minimum absolute atomic E-state index is 0.350. The average molecular weight is 637 g/mol. The summed E-state index contributed by atoms with van der Waals surface area (Å²) in [6, 6.07) is 46.4. The Morgan fingerprint density at radius 1 is 0.469 bits per heavy atom. The summed E-state index contributed by atoms with van der Waals surface area (Å²) in [6.07, 6.45) is 0. The molecule has 7 aromatic rings. The van der Waals surface area contributed by atoms with Gasteiger partial charge < -0.3 is 9.47 Å². The summed E-state index contributed by atoms with van der Waals surface area (Å²) in [7, 11) is 0. The van der Waals surface area contributed by atoms with Crippen molar-refractivity contribution < 1.29 is 19.1 Å². The van der Waals surface area contributed by atoms with Crippen molar-refractivity contribution in [3.05, 3.63) is 180 Å². The lowest BCUT2D eigenvalue weighted by atomic mass is 9.67. The van der Waals surface area contributed by atoms with E-state index < -0.39 is 17.4 Å². The Balaban J connectivity index is 1.37. The van der Waals surface area contributed by atoms with Gasteiger partial charge >= 0.3 is 11.9 Å². The first-order chi connectivity index (χ1) is 23.7. The third-order valence-corrected chi connectivity index (χ3v) is 9.52. The highest BCUT2D eigenvalue weighted by atomic mass is 16.5. The summed E-state index contributed by atoms with van der Waals surface area (Å²) >= 11 is 0. The first-order valence-electron chi connectivity index (χ1n) is 16.2. The zero-order valence-electron chi connectivity index (χ0n) is 27.2. The van der Waals surface area contributed by atoms with E-state index in [1.807, 2.05) is 36.4 Å². The lowest BCUT2D eigenvalue weighted by Gasteiger charge is -2.34. The van der Waals surface area contributed by atoms with Gasteiger partial charge in [0, 0.05) is 11.1 Å². The molecule has 7 aromatic carbocycles. The van der Waals surface area contributed by atoms with Gasteiger partial charge in [0.2, 0.25) is 0 Å². The summed E-state index contributed by atoms with van der Waals surface area (Å²) in [5.74, 6) is 0.0695. The van der Waals surface area contributed by atoms with Gasteiger partial charge in [0.25, 0.3) is 0 Å². The van der Waals surface area contributed by atoms with Crippen molar-refractivity contribution in [1.82, 2.24) is 0 Å². The number of hydrogen-bond acceptors (Lipinski definition) is 4. The number of rotatable bonds is 6. The van der Waals surface area contributed by atoms with Crippen LogP contribution in [0.5, 0.6) is 11.5 Å². The molecule has 1 aliphatic carbocycles. The van der Waals surface area contributed by atoms with Crippen LogP contribution in [0.25, 0.3) is 43.4 Å². The van der Waals surface area contributed by atoms with E-state index in [1.165, 1.54) is 33.0 Å². The van der Waals surface area contributed by atoms with Gasteiger partial charge in [0.1, 0.15) is 11.5 Å². The highest BCUT2D eigenvalue weighted by molar-refractivity contribution is 5.98. The van der Waals surface area contributed by atoms with Gasteiger partial charge in [0.15, 0.2) is 0 Å². The van der Waals surface area contributed by atoms with Crippen LogP contribution in [0.2, 0.25) is 0 Å². The van der Waals surface area contributed by atoms with Gasteiger partial charge in [-0.2, -0.15) is 0 Å². The summed E-state index contributed by atoms with van der Waals surface area (Å²) in [5.41, 5.74) is 7.13. The fraction of sp³-hybridized carbons (Fsp3) is 0.0667. The number of hydrogen-bond donors (Lipinski definition) is 0. The Hall–Kier alpha value is -6.26. The van der Waals surface area contributed by atoms with Gasteiger partial charge in [-0.15, -0.1) is 0 Å². The molecule has 0 aliphatic heterocycles.